The Morgan fingerprint density at radius 1 is 0.826 bits per heavy atom. The minimum atomic E-state index is -0.0140. The van der Waals surface area contributed by atoms with Gasteiger partial charge in [-0.2, -0.15) is 0 Å². The van der Waals surface area contributed by atoms with Crippen LogP contribution in [0.3, 0.4) is 0 Å². The van der Waals surface area contributed by atoms with E-state index in [1.165, 1.54) is 38.5 Å². The van der Waals surface area contributed by atoms with Gasteiger partial charge in [0.1, 0.15) is 5.88 Å². The van der Waals surface area contributed by atoms with Crippen LogP contribution in [-0.4, -0.2) is 53.7 Å². The van der Waals surface area contributed by atoms with Crippen LogP contribution in [0.2, 0.25) is 0 Å². The second-order valence-electron chi connectivity index (χ2n) is 8.49. The van der Waals surface area contributed by atoms with Crippen molar-refractivity contribution in [1.82, 2.24) is 9.80 Å². The van der Waals surface area contributed by atoms with E-state index in [1.54, 1.807) is 4.90 Å². The van der Waals surface area contributed by atoms with E-state index in [4.69, 9.17) is 11.6 Å². The molecule has 0 aromatic heterocycles. The number of nitrogens with zero attached hydrogens (tertiary/aromatic N) is 2. The van der Waals surface area contributed by atoms with Crippen LogP contribution in [0.5, 0.6) is 0 Å². The van der Waals surface area contributed by atoms with Crippen molar-refractivity contribution in [2.45, 2.75) is 44.9 Å². The molecule has 5 rings (SSSR count). The van der Waals surface area contributed by atoms with Gasteiger partial charge >= 0.3 is 0 Å². The van der Waals surface area contributed by atoms with Gasteiger partial charge in [-0.05, 0) is 61.7 Å². The van der Waals surface area contributed by atoms with E-state index in [9.17, 15) is 9.59 Å². The van der Waals surface area contributed by atoms with Crippen LogP contribution < -0.4 is 0 Å². The molecule has 128 valence electrons. The van der Waals surface area contributed by atoms with Crippen LogP contribution in [0.25, 0.3) is 0 Å². The van der Waals surface area contributed by atoms with Gasteiger partial charge in [-0.1, -0.05) is 0 Å². The molecule has 4 saturated carbocycles. The first kappa shape index (κ1) is 15.7. The van der Waals surface area contributed by atoms with E-state index < -0.39 is 0 Å². The standard InChI is InChI=1S/C18H27ClN2O2/c19-12-17(23)21-3-1-20(2-4-21)16(22)11-18-8-13-5-14(9-18)7-15(6-13)10-18/h13-15H,1-12H2. The van der Waals surface area contributed by atoms with Gasteiger partial charge < -0.3 is 9.80 Å². The van der Waals surface area contributed by atoms with E-state index in [0.29, 0.717) is 37.5 Å². The molecule has 4 nitrogen and oxygen atoms in total. The zero-order valence-electron chi connectivity index (χ0n) is 13.8. The molecule has 5 aliphatic rings. The van der Waals surface area contributed by atoms with Gasteiger partial charge in [0, 0.05) is 32.6 Å². The maximum Gasteiger partial charge on any atom is 0.237 e. The second kappa shape index (κ2) is 5.94. The van der Waals surface area contributed by atoms with E-state index in [-0.39, 0.29) is 11.8 Å². The normalized spacial score (nSPS) is 38.9. The molecule has 1 saturated heterocycles. The third-order valence-corrected chi connectivity index (χ3v) is 7.02. The van der Waals surface area contributed by atoms with E-state index in [0.717, 1.165) is 24.2 Å². The average Bonchev–Trinajstić information content (AvgIpc) is 2.52. The first-order chi connectivity index (χ1) is 11.1. The Labute approximate surface area is 143 Å². The number of piperazine rings is 1. The van der Waals surface area contributed by atoms with Gasteiger partial charge in [0.15, 0.2) is 0 Å². The number of carbonyl (C=O) groups excluding carboxylic acids is 2. The largest absolute Gasteiger partial charge is 0.339 e. The van der Waals surface area contributed by atoms with Gasteiger partial charge in [-0.15, -0.1) is 11.6 Å². The lowest BCUT2D eigenvalue weighted by Gasteiger charge is -2.57. The van der Waals surface area contributed by atoms with E-state index in [2.05, 4.69) is 0 Å². The van der Waals surface area contributed by atoms with Crippen molar-refractivity contribution in [3.8, 4) is 0 Å². The van der Waals surface area contributed by atoms with E-state index >= 15 is 0 Å². The van der Waals surface area contributed by atoms with Crippen molar-refractivity contribution in [3.05, 3.63) is 0 Å². The number of rotatable bonds is 3. The quantitative estimate of drug-likeness (QED) is 0.742. The first-order valence-corrected chi connectivity index (χ1v) is 9.72. The number of hydrogen-bond acceptors (Lipinski definition) is 2. The fourth-order valence-corrected chi connectivity index (χ4v) is 6.40. The number of hydrogen-bond donors (Lipinski definition) is 0. The summed E-state index contributed by atoms with van der Waals surface area (Å²) in [6.45, 7) is 2.62. The van der Waals surface area contributed by atoms with Gasteiger partial charge in [0.05, 0.1) is 0 Å². The molecule has 4 bridgehead atoms. The summed E-state index contributed by atoms with van der Waals surface area (Å²) in [5.41, 5.74) is 0.314. The molecule has 0 unspecified atom stereocenters. The Morgan fingerprint density at radius 2 is 1.26 bits per heavy atom. The predicted molar refractivity (Wildman–Crippen MR) is 89.1 cm³/mol. The van der Waals surface area contributed by atoms with Crippen LogP contribution >= 0.6 is 11.6 Å². The van der Waals surface area contributed by atoms with Crippen molar-refractivity contribution < 1.29 is 9.59 Å². The van der Waals surface area contributed by atoms with Crippen molar-refractivity contribution in [2.24, 2.45) is 23.2 Å². The molecular weight excluding hydrogens is 312 g/mol. The smallest absolute Gasteiger partial charge is 0.237 e. The van der Waals surface area contributed by atoms with Gasteiger partial charge in [-0.25, -0.2) is 0 Å². The summed E-state index contributed by atoms with van der Waals surface area (Å²) in [5.74, 6) is 3.04. The maximum atomic E-state index is 12.8. The summed E-state index contributed by atoms with van der Waals surface area (Å²) in [6.07, 6.45) is 8.88. The van der Waals surface area contributed by atoms with Crippen molar-refractivity contribution in [2.75, 3.05) is 32.1 Å². The highest BCUT2D eigenvalue weighted by Gasteiger charge is 2.51. The molecule has 0 radical (unpaired) electrons. The van der Waals surface area contributed by atoms with Crippen LogP contribution in [0.1, 0.15) is 44.9 Å². The Morgan fingerprint density at radius 3 is 1.70 bits per heavy atom. The van der Waals surface area contributed by atoms with Gasteiger partial charge in [0.2, 0.25) is 11.8 Å². The molecule has 4 aliphatic carbocycles. The second-order valence-corrected chi connectivity index (χ2v) is 8.76. The third kappa shape index (κ3) is 2.99. The molecule has 5 fully saturated rings. The summed E-state index contributed by atoms with van der Waals surface area (Å²) in [4.78, 5) is 28.2. The SMILES string of the molecule is O=C(CCl)N1CCN(C(=O)CC23CC4CC(CC(C4)C2)C3)CC1. The molecule has 0 atom stereocenters. The Hall–Kier alpha value is -0.770. The highest BCUT2D eigenvalue weighted by molar-refractivity contribution is 6.27. The highest BCUT2D eigenvalue weighted by atomic mass is 35.5. The number of halogens is 1. The van der Waals surface area contributed by atoms with Gasteiger partial charge in [0.25, 0.3) is 0 Å². The minimum absolute atomic E-state index is 0.0140. The van der Waals surface area contributed by atoms with E-state index in [1.807, 2.05) is 4.90 Å². The molecule has 5 heteroatoms. The topological polar surface area (TPSA) is 40.6 Å². The third-order valence-electron chi connectivity index (χ3n) is 6.79. The molecule has 23 heavy (non-hydrogen) atoms. The highest BCUT2D eigenvalue weighted by Crippen LogP contribution is 2.61. The van der Waals surface area contributed by atoms with Crippen LogP contribution in [0.15, 0.2) is 0 Å². The molecule has 0 aromatic carbocycles. The fraction of sp³-hybridized carbons (Fsp3) is 0.889. The Balaban J connectivity index is 1.35. The van der Waals surface area contributed by atoms with Crippen molar-refractivity contribution in [1.29, 1.82) is 0 Å². The fourth-order valence-electron chi connectivity index (χ4n) is 6.23. The predicted octanol–water partition coefficient (Wildman–Crippen LogP) is 2.50. The molecule has 1 heterocycles. The monoisotopic (exact) mass is 338 g/mol. The Bertz CT molecular complexity index is 464. The summed E-state index contributed by atoms with van der Waals surface area (Å²) < 4.78 is 0. The summed E-state index contributed by atoms with van der Waals surface area (Å²) in [7, 11) is 0. The van der Waals surface area contributed by atoms with Crippen LogP contribution in [0, 0.1) is 23.2 Å². The summed E-state index contributed by atoms with van der Waals surface area (Å²) in [6, 6.07) is 0. The number of alkyl halides is 1. The molecule has 0 N–H and O–H groups in total. The average molecular weight is 339 g/mol. The zero-order chi connectivity index (χ0) is 16.0. The Kier molecular flexibility index (Phi) is 4.07. The lowest BCUT2D eigenvalue weighted by atomic mass is 9.49. The zero-order valence-corrected chi connectivity index (χ0v) is 14.6. The molecular formula is C18H27ClN2O2. The van der Waals surface area contributed by atoms with Crippen LogP contribution in [0.4, 0.5) is 0 Å². The summed E-state index contributed by atoms with van der Waals surface area (Å²) >= 11 is 5.62. The molecule has 1 aliphatic heterocycles. The van der Waals surface area contributed by atoms with Gasteiger partial charge in [-0.3, -0.25) is 9.59 Å². The summed E-state index contributed by atoms with van der Waals surface area (Å²) in [5, 5.41) is 0. The number of carbonyl (C=O) groups is 2. The lowest BCUT2D eigenvalue weighted by Crippen LogP contribution is -2.53. The maximum absolute atomic E-state index is 12.8. The molecule has 0 aromatic rings. The lowest BCUT2D eigenvalue weighted by molar-refractivity contribution is -0.144. The van der Waals surface area contributed by atoms with Crippen molar-refractivity contribution in [3.63, 3.8) is 0 Å². The van der Waals surface area contributed by atoms with Crippen molar-refractivity contribution >= 4 is 23.4 Å². The molecule has 2 amide bonds. The number of amides is 2. The minimum Gasteiger partial charge on any atom is -0.339 e. The molecule has 0 spiro atoms. The van der Waals surface area contributed by atoms with Crippen LogP contribution in [-0.2, 0) is 9.59 Å². The first-order valence-electron chi connectivity index (χ1n) is 9.18.